The number of hydrogen-bond donors (Lipinski definition) is 0. The van der Waals surface area contributed by atoms with Gasteiger partial charge in [-0.05, 0) is 35.8 Å². The number of amides is 1. The van der Waals surface area contributed by atoms with E-state index in [0.29, 0.717) is 6.54 Å². The van der Waals surface area contributed by atoms with Crippen LogP contribution in [0.2, 0.25) is 0 Å². The Morgan fingerprint density at radius 3 is 2.89 bits per heavy atom. The Hall–Kier alpha value is -1.30. The highest BCUT2D eigenvalue weighted by molar-refractivity contribution is 9.10. The number of anilines is 2. The Kier molecular flexibility index (Phi) is 3.75. The maximum absolute atomic E-state index is 12.0. The standard InChI is InChI=1S/C12H16BrN3O2/c1-8(2)18-12(17)16-5-4-15(3)11-10(16)6-9(13)7-14-11/h6-8H,4-5H2,1-3H3. The molecule has 0 N–H and O–H groups in total. The molecule has 0 atom stereocenters. The molecule has 0 aliphatic carbocycles. The van der Waals surface area contributed by atoms with Crippen LogP contribution in [0, 0.1) is 0 Å². The lowest BCUT2D eigenvalue weighted by atomic mass is 10.2. The van der Waals surface area contributed by atoms with Crippen LogP contribution in [-0.4, -0.2) is 37.3 Å². The van der Waals surface area contributed by atoms with Crippen molar-refractivity contribution in [3.8, 4) is 0 Å². The average Bonchev–Trinajstić information content (AvgIpc) is 2.28. The molecule has 0 unspecified atom stereocenters. The predicted octanol–water partition coefficient (Wildman–Crippen LogP) is 2.65. The molecule has 0 saturated heterocycles. The van der Waals surface area contributed by atoms with Gasteiger partial charge in [0.05, 0.1) is 11.8 Å². The summed E-state index contributed by atoms with van der Waals surface area (Å²) >= 11 is 3.38. The van der Waals surface area contributed by atoms with Gasteiger partial charge in [-0.3, -0.25) is 4.90 Å². The van der Waals surface area contributed by atoms with Crippen LogP contribution in [0.4, 0.5) is 16.3 Å². The average molecular weight is 314 g/mol. The summed E-state index contributed by atoms with van der Waals surface area (Å²) in [7, 11) is 1.96. The van der Waals surface area contributed by atoms with Gasteiger partial charge in [0.2, 0.25) is 0 Å². The van der Waals surface area contributed by atoms with Crippen molar-refractivity contribution in [2.45, 2.75) is 20.0 Å². The molecule has 18 heavy (non-hydrogen) atoms. The first-order valence-corrected chi connectivity index (χ1v) is 6.63. The van der Waals surface area contributed by atoms with E-state index in [2.05, 4.69) is 20.9 Å². The number of rotatable bonds is 1. The summed E-state index contributed by atoms with van der Waals surface area (Å²) < 4.78 is 6.09. The lowest BCUT2D eigenvalue weighted by Crippen LogP contribution is -2.44. The number of fused-ring (bicyclic) bond motifs is 1. The van der Waals surface area contributed by atoms with Crippen molar-refractivity contribution in [3.05, 3.63) is 16.7 Å². The quantitative estimate of drug-likeness (QED) is 0.799. The Bertz CT molecular complexity index is 465. The molecule has 2 heterocycles. The molecule has 1 amide bonds. The molecule has 5 nitrogen and oxygen atoms in total. The lowest BCUT2D eigenvalue weighted by Gasteiger charge is -2.34. The van der Waals surface area contributed by atoms with E-state index in [1.807, 2.05) is 31.9 Å². The van der Waals surface area contributed by atoms with Crippen molar-refractivity contribution in [3.63, 3.8) is 0 Å². The van der Waals surface area contributed by atoms with Crippen LogP contribution in [0.15, 0.2) is 16.7 Å². The molecule has 0 spiro atoms. The van der Waals surface area contributed by atoms with Crippen molar-refractivity contribution in [2.75, 3.05) is 29.9 Å². The van der Waals surface area contributed by atoms with E-state index in [9.17, 15) is 4.79 Å². The fourth-order valence-electron chi connectivity index (χ4n) is 1.85. The van der Waals surface area contributed by atoms with Crippen molar-refractivity contribution in [1.82, 2.24) is 4.98 Å². The van der Waals surface area contributed by atoms with E-state index < -0.39 is 0 Å². The summed E-state index contributed by atoms with van der Waals surface area (Å²) in [4.78, 5) is 20.0. The molecule has 1 aliphatic rings. The zero-order valence-electron chi connectivity index (χ0n) is 10.7. The third kappa shape index (κ3) is 2.58. The summed E-state index contributed by atoms with van der Waals surface area (Å²) in [5.74, 6) is 0.796. The highest BCUT2D eigenvalue weighted by Gasteiger charge is 2.27. The number of halogens is 1. The lowest BCUT2D eigenvalue weighted by molar-refractivity contribution is 0.122. The highest BCUT2D eigenvalue weighted by Crippen LogP contribution is 2.32. The Morgan fingerprint density at radius 2 is 2.22 bits per heavy atom. The fourth-order valence-corrected chi connectivity index (χ4v) is 2.16. The molecular formula is C12H16BrN3O2. The van der Waals surface area contributed by atoms with Gasteiger partial charge in [-0.25, -0.2) is 9.78 Å². The molecule has 1 aromatic heterocycles. The van der Waals surface area contributed by atoms with Crippen LogP contribution in [0.5, 0.6) is 0 Å². The van der Waals surface area contributed by atoms with Gasteiger partial charge in [0.25, 0.3) is 0 Å². The van der Waals surface area contributed by atoms with E-state index in [1.54, 1.807) is 11.1 Å². The maximum Gasteiger partial charge on any atom is 0.414 e. The van der Waals surface area contributed by atoms with E-state index in [0.717, 1.165) is 22.5 Å². The number of pyridine rings is 1. The van der Waals surface area contributed by atoms with Crippen molar-refractivity contribution < 1.29 is 9.53 Å². The number of carbonyl (C=O) groups excluding carboxylic acids is 1. The number of aromatic nitrogens is 1. The maximum atomic E-state index is 12.0. The first-order valence-electron chi connectivity index (χ1n) is 5.84. The number of nitrogens with zero attached hydrogens (tertiary/aromatic N) is 3. The van der Waals surface area contributed by atoms with E-state index in [-0.39, 0.29) is 12.2 Å². The molecule has 1 aromatic rings. The minimum Gasteiger partial charge on any atom is -0.446 e. The predicted molar refractivity (Wildman–Crippen MR) is 74.2 cm³/mol. The van der Waals surface area contributed by atoms with Crippen LogP contribution >= 0.6 is 15.9 Å². The van der Waals surface area contributed by atoms with Crippen LogP contribution in [0.3, 0.4) is 0 Å². The zero-order valence-corrected chi connectivity index (χ0v) is 12.3. The minimum absolute atomic E-state index is 0.124. The first kappa shape index (κ1) is 13.1. The number of hydrogen-bond acceptors (Lipinski definition) is 4. The summed E-state index contributed by atoms with van der Waals surface area (Å²) in [5, 5.41) is 0. The summed E-state index contributed by atoms with van der Waals surface area (Å²) in [5.41, 5.74) is 0.781. The van der Waals surface area contributed by atoms with Crippen molar-refractivity contribution in [1.29, 1.82) is 0 Å². The van der Waals surface area contributed by atoms with Gasteiger partial charge in [-0.1, -0.05) is 0 Å². The molecule has 0 radical (unpaired) electrons. The highest BCUT2D eigenvalue weighted by atomic mass is 79.9. The van der Waals surface area contributed by atoms with Gasteiger partial charge in [-0.15, -0.1) is 0 Å². The van der Waals surface area contributed by atoms with E-state index >= 15 is 0 Å². The second-order valence-electron chi connectivity index (χ2n) is 4.50. The van der Waals surface area contributed by atoms with Gasteiger partial charge >= 0.3 is 6.09 Å². The first-order chi connectivity index (χ1) is 8.49. The monoisotopic (exact) mass is 313 g/mol. The molecule has 0 aromatic carbocycles. The third-order valence-corrected chi connectivity index (χ3v) is 3.12. The SMILES string of the molecule is CC(C)OC(=O)N1CCN(C)c2ncc(Br)cc21. The van der Waals surface area contributed by atoms with Crippen LogP contribution in [0.1, 0.15) is 13.8 Å². The number of ether oxygens (including phenoxy) is 1. The number of likely N-dealkylation sites (N-methyl/N-ethyl adjacent to an activating group) is 1. The molecular weight excluding hydrogens is 298 g/mol. The van der Waals surface area contributed by atoms with E-state index in [1.165, 1.54) is 0 Å². The normalized spacial score (nSPS) is 14.7. The molecule has 0 bridgehead atoms. The molecule has 2 rings (SSSR count). The molecule has 0 saturated carbocycles. The van der Waals surface area contributed by atoms with Crippen molar-refractivity contribution in [2.24, 2.45) is 0 Å². The molecule has 6 heteroatoms. The van der Waals surface area contributed by atoms with Crippen LogP contribution in [-0.2, 0) is 4.74 Å². The van der Waals surface area contributed by atoms with Gasteiger partial charge in [-0.2, -0.15) is 0 Å². The van der Waals surface area contributed by atoms with E-state index in [4.69, 9.17) is 4.74 Å². The Morgan fingerprint density at radius 1 is 1.50 bits per heavy atom. The largest absolute Gasteiger partial charge is 0.446 e. The van der Waals surface area contributed by atoms with Crippen LogP contribution < -0.4 is 9.80 Å². The molecule has 0 fully saturated rings. The molecule has 1 aliphatic heterocycles. The second-order valence-corrected chi connectivity index (χ2v) is 5.42. The van der Waals surface area contributed by atoms with Crippen LogP contribution in [0.25, 0.3) is 0 Å². The summed E-state index contributed by atoms with van der Waals surface area (Å²) in [6.45, 7) is 5.03. The van der Waals surface area contributed by atoms with Gasteiger partial charge in [0.1, 0.15) is 0 Å². The van der Waals surface area contributed by atoms with Gasteiger partial charge < -0.3 is 9.64 Å². The second kappa shape index (κ2) is 5.14. The smallest absolute Gasteiger partial charge is 0.414 e. The van der Waals surface area contributed by atoms with Gasteiger partial charge in [0, 0.05) is 30.8 Å². The third-order valence-electron chi connectivity index (χ3n) is 2.68. The fraction of sp³-hybridized carbons (Fsp3) is 0.500. The zero-order chi connectivity index (χ0) is 13.3. The van der Waals surface area contributed by atoms with Crippen molar-refractivity contribution >= 4 is 33.5 Å². The summed E-state index contributed by atoms with van der Waals surface area (Å²) in [6, 6.07) is 1.89. The summed E-state index contributed by atoms with van der Waals surface area (Å²) in [6.07, 6.45) is 1.28. The Balaban J connectivity index is 2.33. The van der Waals surface area contributed by atoms with Gasteiger partial charge in [0.15, 0.2) is 5.82 Å². The Labute approximate surface area is 115 Å². The minimum atomic E-state index is -0.320. The molecule has 98 valence electrons. The number of carbonyl (C=O) groups is 1. The topological polar surface area (TPSA) is 45.7 Å².